The van der Waals surface area contributed by atoms with Gasteiger partial charge in [-0.2, -0.15) is 5.10 Å². The van der Waals surface area contributed by atoms with E-state index in [0.717, 1.165) is 43.0 Å². The van der Waals surface area contributed by atoms with Gasteiger partial charge < -0.3 is 9.80 Å². The Bertz CT molecular complexity index is 1090. The number of benzene rings is 2. The van der Waals surface area contributed by atoms with Gasteiger partial charge >= 0.3 is 0 Å². The van der Waals surface area contributed by atoms with Crippen LogP contribution in [0.25, 0.3) is 5.69 Å². The van der Waals surface area contributed by atoms with E-state index in [1.54, 1.807) is 40.9 Å². The van der Waals surface area contributed by atoms with E-state index in [2.05, 4.69) is 10.00 Å². The highest BCUT2D eigenvalue weighted by Gasteiger charge is 2.26. The van der Waals surface area contributed by atoms with Gasteiger partial charge in [0.1, 0.15) is 17.3 Å². The number of aryl methyl sites for hydroxylation is 2. The SMILES string of the molecule is Cc1cc(C)n(-c2ccc(C(=O)N(C)C3CCN(c4ccc(F)cc4)CC3)cc2F)n1. The molecule has 0 atom stereocenters. The molecule has 2 heterocycles. The van der Waals surface area contributed by atoms with Crippen LogP contribution >= 0.6 is 0 Å². The topological polar surface area (TPSA) is 41.4 Å². The predicted octanol–water partition coefficient (Wildman–Crippen LogP) is 4.51. The Kier molecular flexibility index (Phi) is 5.76. The first-order valence-electron chi connectivity index (χ1n) is 10.4. The number of rotatable bonds is 4. The van der Waals surface area contributed by atoms with Crippen molar-refractivity contribution in [3.8, 4) is 5.69 Å². The maximum Gasteiger partial charge on any atom is 0.253 e. The minimum atomic E-state index is -0.475. The number of nitrogens with zero attached hydrogens (tertiary/aromatic N) is 4. The Morgan fingerprint density at radius 1 is 1.03 bits per heavy atom. The molecule has 0 unspecified atom stereocenters. The van der Waals surface area contributed by atoms with Gasteiger partial charge in [-0.05, 0) is 75.2 Å². The van der Waals surface area contributed by atoms with Gasteiger partial charge in [0.15, 0.2) is 0 Å². The first-order valence-corrected chi connectivity index (χ1v) is 10.4. The van der Waals surface area contributed by atoms with Crippen LogP contribution in [0.15, 0.2) is 48.5 Å². The number of carbonyl (C=O) groups is 1. The molecule has 31 heavy (non-hydrogen) atoms. The largest absolute Gasteiger partial charge is 0.371 e. The van der Waals surface area contributed by atoms with E-state index in [4.69, 9.17) is 0 Å². The van der Waals surface area contributed by atoms with Gasteiger partial charge in [-0.25, -0.2) is 13.5 Å². The highest BCUT2D eigenvalue weighted by molar-refractivity contribution is 5.94. The second-order valence-electron chi connectivity index (χ2n) is 8.12. The molecular formula is C24H26F2N4O. The molecule has 162 valence electrons. The fourth-order valence-corrected chi connectivity index (χ4v) is 4.22. The Labute approximate surface area is 180 Å². The van der Waals surface area contributed by atoms with Crippen molar-refractivity contribution in [2.24, 2.45) is 0 Å². The second kappa shape index (κ2) is 8.49. The molecule has 1 aliphatic rings. The van der Waals surface area contributed by atoms with E-state index < -0.39 is 5.82 Å². The molecule has 7 heteroatoms. The van der Waals surface area contributed by atoms with Crippen LogP contribution in [-0.4, -0.2) is 46.8 Å². The summed E-state index contributed by atoms with van der Waals surface area (Å²) in [6, 6.07) is 13.0. The smallest absolute Gasteiger partial charge is 0.253 e. The predicted molar refractivity (Wildman–Crippen MR) is 117 cm³/mol. The van der Waals surface area contributed by atoms with E-state index in [0.29, 0.717) is 11.3 Å². The second-order valence-corrected chi connectivity index (χ2v) is 8.12. The highest BCUT2D eigenvalue weighted by Crippen LogP contribution is 2.24. The average Bonchev–Trinajstić information content (AvgIpc) is 3.11. The third kappa shape index (κ3) is 4.31. The van der Waals surface area contributed by atoms with Gasteiger partial charge in [0.25, 0.3) is 5.91 Å². The first kappa shape index (κ1) is 21.0. The lowest BCUT2D eigenvalue weighted by Gasteiger charge is -2.38. The molecule has 0 N–H and O–H groups in total. The number of halogens is 2. The summed E-state index contributed by atoms with van der Waals surface area (Å²) in [6.45, 7) is 5.28. The van der Waals surface area contributed by atoms with Crippen LogP contribution < -0.4 is 4.90 Å². The fourth-order valence-electron chi connectivity index (χ4n) is 4.22. The van der Waals surface area contributed by atoms with Crippen LogP contribution in [0.5, 0.6) is 0 Å². The molecule has 0 bridgehead atoms. The Morgan fingerprint density at radius 3 is 2.29 bits per heavy atom. The summed E-state index contributed by atoms with van der Waals surface area (Å²) in [5.41, 5.74) is 3.28. The van der Waals surface area contributed by atoms with Crippen LogP contribution in [0.1, 0.15) is 34.6 Å². The molecule has 1 saturated heterocycles. The zero-order valence-corrected chi connectivity index (χ0v) is 18.0. The van der Waals surface area contributed by atoms with Crippen molar-refractivity contribution in [3.63, 3.8) is 0 Å². The van der Waals surface area contributed by atoms with E-state index in [1.807, 2.05) is 19.9 Å². The summed E-state index contributed by atoms with van der Waals surface area (Å²) >= 11 is 0. The number of carbonyl (C=O) groups excluding carboxylic acids is 1. The Balaban J connectivity index is 1.43. The lowest BCUT2D eigenvalue weighted by molar-refractivity contribution is 0.0708. The molecule has 1 aromatic heterocycles. The Morgan fingerprint density at radius 2 is 1.71 bits per heavy atom. The van der Waals surface area contributed by atoms with E-state index in [9.17, 15) is 13.6 Å². The zero-order valence-electron chi connectivity index (χ0n) is 18.0. The number of anilines is 1. The molecule has 4 rings (SSSR count). The minimum absolute atomic E-state index is 0.0722. The monoisotopic (exact) mass is 424 g/mol. The van der Waals surface area contributed by atoms with Crippen molar-refractivity contribution < 1.29 is 13.6 Å². The first-order chi connectivity index (χ1) is 14.8. The summed E-state index contributed by atoms with van der Waals surface area (Å²) in [7, 11) is 1.77. The summed E-state index contributed by atoms with van der Waals surface area (Å²) in [6.07, 6.45) is 1.60. The summed E-state index contributed by atoms with van der Waals surface area (Å²) in [5.74, 6) is -0.921. The summed E-state index contributed by atoms with van der Waals surface area (Å²) in [5, 5.41) is 4.32. The van der Waals surface area contributed by atoms with Crippen molar-refractivity contribution in [3.05, 3.63) is 77.1 Å². The van der Waals surface area contributed by atoms with Crippen LogP contribution in [0.3, 0.4) is 0 Å². The van der Waals surface area contributed by atoms with Crippen molar-refractivity contribution in [2.45, 2.75) is 32.7 Å². The summed E-state index contributed by atoms with van der Waals surface area (Å²) < 4.78 is 29.5. The van der Waals surface area contributed by atoms with Gasteiger partial charge in [0, 0.05) is 43.1 Å². The van der Waals surface area contributed by atoms with Crippen LogP contribution in [0.2, 0.25) is 0 Å². The standard InChI is InChI=1S/C24H26F2N4O/c1-16-14-17(2)30(27-16)23-9-4-18(15-22(23)26)24(31)28(3)20-10-12-29(13-11-20)21-7-5-19(25)6-8-21/h4-9,14-15,20H,10-13H2,1-3H3. The van der Waals surface area contributed by atoms with Crippen molar-refractivity contribution in [1.82, 2.24) is 14.7 Å². The zero-order chi connectivity index (χ0) is 22.1. The fraction of sp³-hybridized carbons (Fsp3) is 0.333. The quantitative estimate of drug-likeness (QED) is 0.619. The highest BCUT2D eigenvalue weighted by atomic mass is 19.1. The van der Waals surface area contributed by atoms with Gasteiger partial charge in [-0.3, -0.25) is 4.79 Å². The lowest BCUT2D eigenvalue weighted by atomic mass is 10.0. The molecular weight excluding hydrogens is 398 g/mol. The molecule has 0 radical (unpaired) electrons. The lowest BCUT2D eigenvalue weighted by Crippen LogP contribution is -2.45. The van der Waals surface area contributed by atoms with Crippen LogP contribution in [0, 0.1) is 25.5 Å². The van der Waals surface area contributed by atoms with E-state index in [1.165, 1.54) is 18.2 Å². The molecule has 5 nitrogen and oxygen atoms in total. The molecule has 0 spiro atoms. The van der Waals surface area contributed by atoms with E-state index in [-0.39, 0.29) is 17.8 Å². The normalized spacial score (nSPS) is 14.7. The molecule has 0 saturated carbocycles. The van der Waals surface area contributed by atoms with Gasteiger partial charge in [-0.15, -0.1) is 0 Å². The third-order valence-corrected chi connectivity index (χ3v) is 5.96. The number of aromatic nitrogens is 2. The number of hydrogen-bond acceptors (Lipinski definition) is 3. The average molecular weight is 424 g/mol. The molecule has 2 aromatic carbocycles. The maximum absolute atomic E-state index is 14.8. The van der Waals surface area contributed by atoms with Gasteiger partial charge in [0.05, 0.1) is 5.69 Å². The van der Waals surface area contributed by atoms with Crippen molar-refractivity contribution in [2.75, 3.05) is 25.0 Å². The molecule has 0 aliphatic carbocycles. The van der Waals surface area contributed by atoms with Crippen LogP contribution in [0.4, 0.5) is 14.5 Å². The molecule has 1 aliphatic heterocycles. The van der Waals surface area contributed by atoms with Crippen molar-refractivity contribution in [1.29, 1.82) is 0 Å². The van der Waals surface area contributed by atoms with E-state index >= 15 is 0 Å². The number of piperidine rings is 1. The molecule has 3 aromatic rings. The van der Waals surface area contributed by atoms with Crippen molar-refractivity contribution >= 4 is 11.6 Å². The third-order valence-electron chi connectivity index (χ3n) is 5.96. The Hall–Kier alpha value is -3.22. The van der Waals surface area contributed by atoms with Gasteiger partial charge in [-0.1, -0.05) is 0 Å². The van der Waals surface area contributed by atoms with Gasteiger partial charge in [0.2, 0.25) is 0 Å². The minimum Gasteiger partial charge on any atom is -0.371 e. The summed E-state index contributed by atoms with van der Waals surface area (Å²) in [4.78, 5) is 16.9. The molecule has 1 fully saturated rings. The number of hydrogen-bond donors (Lipinski definition) is 0. The molecule has 1 amide bonds. The number of amides is 1. The van der Waals surface area contributed by atoms with Crippen LogP contribution in [-0.2, 0) is 0 Å². The maximum atomic E-state index is 14.8.